The molecule has 0 aliphatic heterocycles. The van der Waals surface area contributed by atoms with Crippen LogP contribution in [0.3, 0.4) is 0 Å². The Kier molecular flexibility index (Phi) is 2.49. The molecule has 0 fully saturated rings. The Morgan fingerprint density at radius 1 is 1.42 bits per heavy atom. The van der Waals surface area contributed by atoms with E-state index >= 15 is 0 Å². The van der Waals surface area contributed by atoms with Crippen molar-refractivity contribution in [2.24, 2.45) is 5.73 Å². The number of nitrogens with two attached hydrogens (primary N) is 1. The van der Waals surface area contributed by atoms with Gasteiger partial charge in [0, 0.05) is 6.26 Å². The topological polar surface area (TPSA) is 60.2 Å². The number of benzene rings is 1. The van der Waals surface area contributed by atoms with Gasteiger partial charge in [0.05, 0.1) is 0 Å². The maximum absolute atomic E-state index is 11.0. The summed E-state index contributed by atoms with van der Waals surface area (Å²) in [5, 5.41) is -0.924. The average Bonchev–Trinajstić information content (AvgIpc) is 2.03. The van der Waals surface area contributed by atoms with Crippen LogP contribution in [0.2, 0.25) is 0 Å². The molecular weight excluding hydrogens is 174 g/mol. The highest BCUT2D eigenvalue weighted by Crippen LogP contribution is 2.14. The Bertz CT molecular complexity index is 345. The fraction of sp³-hybridized carbons (Fsp3) is 0.250. The molecule has 0 spiro atoms. The Balaban J connectivity index is 3.02. The van der Waals surface area contributed by atoms with Gasteiger partial charge < -0.3 is 5.73 Å². The van der Waals surface area contributed by atoms with Gasteiger partial charge >= 0.3 is 0 Å². The van der Waals surface area contributed by atoms with Crippen LogP contribution in [-0.2, 0) is 9.84 Å². The highest BCUT2D eigenvalue weighted by atomic mass is 32.2. The largest absolute Gasteiger partial charge is 0.311 e. The zero-order chi connectivity index (χ0) is 9.19. The van der Waals surface area contributed by atoms with E-state index in [1.54, 1.807) is 24.3 Å². The molecule has 0 aliphatic carbocycles. The van der Waals surface area contributed by atoms with Crippen LogP contribution >= 0.6 is 0 Å². The van der Waals surface area contributed by atoms with Crippen LogP contribution in [-0.4, -0.2) is 14.7 Å². The van der Waals surface area contributed by atoms with Crippen LogP contribution in [0.1, 0.15) is 10.9 Å². The van der Waals surface area contributed by atoms with Crippen molar-refractivity contribution in [3.8, 4) is 0 Å². The van der Waals surface area contributed by atoms with Gasteiger partial charge in [0.25, 0.3) is 0 Å². The summed E-state index contributed by atoms with van der Waals surface area (Å²) in [6, 6.07) is 9.36. The molecule has 0 aliphatic rings. The molecule has 1 unspecified atom stereocenters. The van der Waals surface area contributed by atoms with E-state index in [2.05, 4.69) is 6.07 Å². The Morgan fingerprint density at radius 3 is 2.33 bits per heavy atom. The highest BCUT2D eigenvalue weighted by Gasteiger charge is 2.16. The summed E-state index contributed by atoms with van der Waals surface area (Å²) in [6.45, 7) is 0. The van der Waals surface area contributed by atoms with E-state index in [-0.39, 0.29) is 0 Å². The van der Waals surface area contributed by atoms with Crippen molar-refractivity contribution in [1.29, 1.82) is 0 Å². The summed E-state index contributed by atoms with van der Waals surface area (Å²) >= 11 is 0. The lowest BCUT2D eigenvalue weighted by Gasteiger charge is -2.08. The van der Waals surface area contributed by atoms with Gasteiger partial charge in [0.15, 0.2) is 9.84 Å². The number of hydrogen-bond donors (Lipinski definition) is 1. The maximum atomic E-state index is 11.0. The SMILES string of the molecule is CS(=O)(=O)C(N)c1cc[c]cc1. The third kappa shape index (κ3) is 2.06. The van der Waals surface area contributed by atoms with Crippen molar-refractivity contribution in [2.75, 3.05) is 6.26 Å². The molecule has 4 heteroatoms. The second-order valence-corrected chi connectivity index (χ2v) is 4.75. The summed E-state index contributed by atoms with van der Waals surface area (Å²) in [7, 11) is -3.19. The fourth-order valence-electron chi connectivity index (χ4n) is 0.837. The molecule has 0 saturated carbocycles. The minimum atomic E-state index is -3.19. The van der Waals surface area contributed by atoms with Crippen molar-refractivity contribution in [2.45, 2.75) is 5.37 Å². The molecule has 0 amide bonds. The summed E-state index contributed by atoms with van der Waals surface area (Å²) in [4.78, 5) is 0. The fourth-order valence-corrected chi connectivity index (χ4v) is 1.49. The molecule has 1 rings (SSSR count). The Hall–Kier alpha value is -0.870. The summed E-state index contributed by atoms with van der Waals surface area (Å²) in [5.74, 6) is 0. The number of rotatable bonds is 2. The summed E-state index contributed by atoms with van der Waals surface area (Å²) < 4.78 is 22.0. The van der Waals surface area contributed by atoms with Gasteiger partial charge in [-0.25, -0.2) is 8.42 Å². The van der Waals surface area contributed by atoms with Gasteiger partial charge in [0.1, 0.15) is 5.37 Å². The van der Waals surface area contributed by atoms with E-state index in [0.29, 0.717) is 5.56 Å². The zero-order valence-corrected chi connectivity index (χ0v) is 7.51. The van der Waals surface area contributed by atoms with Crippen molar-refractivity contribution >= 4 is 9.84 Å². The zero-order valence-electron chi connectivity index (χ0n) is 6.69. The lowest BCUT2D eigenvalue weighted by atomic mass is 10.2. The lowest BCUT2D eigenvalue weighted by Crippen LogP contribution is -2.20. The van der Waals surface area contributed by atoms with E-state index in [4.69, 9.17) is 5.73 Å². The quantitative estimate of drug-likeness (QED) is 0.727. The highest BCUT2D eigenvalue weighted by molar-refractivity contribution is 7.90. The predicted octanol–water partition coefficient (Wildman–Crippen LogP) is 0.489. The number of hydrogen-bond acceptors (Lipinski definition) is 3. The molecule has 1 aromatic carbocycles. The molecule has 2 N–H and O–H groups in total. The van der Waals surface area contributed by atoms with Crippen molar-refractivity contribution in [1.82, 2.24) is 0 Å². The first-order valence-electron chi connectivity index (χ1n) is 3.42. The monoisotopic (exact) mass is 184 g/mol. The Morgan fingerprint density at radius 2 is 1.92 bits per heavy atom. The molecule has 0 heterocycles. The molecule has 1 atom stereocenters. The lowest BCUT2D eigenvalue weighted by molar-refractivity contribution is 0.590. The van der Waals surface area contributed by atoms with Gasteiger partial charge in [0.2, 0.25) is 0 Å². The van der Waals surface area contributed by atoms with Crippen molar-refractivity contribution in [3.05, 3.63) is 35.9 Å². The molecule has 1 radical (unpaired) electrons. The third-order valence-electron chi connectivity index (χ3n) is 1.53. The van der Waals surface area contributed by atoms with Crippen LogP contribution in [0.5, 0.6) is 0 Å². The third-order valence-corrected chi connectivity index (χ3v) is 2.73. The van der Waals surface area contributed by atoms with E-state index in [0.717, 1.165) is 6.26 Å². The standard InChI is InChI=1S/C8H10NO2S/c1-12(10,11)8(9)7-5-3-2-4-6-7/h3-6,8H,9H2,1H3. The molecule has 3 nitrogen and oxygen atoms in total. The normalized spacial score (nSPS) is 14.2. The van der Waals surface area contributed by atoms with Crippen LogP contribution in [0.4, 0.5) is 0 Å². The van der Waals surface area contributed by atoms with Crippen LogP contribution in [0, 0.1) is 6.07 Å². The first-order valence-corrected chi connectivity index (χ1v) is 5.38. The van der Waals surface area contributed by atoms with Gasteiger partial charge in [-0.05, 0) is 11.6 Å². The minimum Gasteiger partial charge on any atom is -0.311 e. The summed E-state index contributed by atoms with van der Waals surface area (Å²) in [6.07, 6.45) is 1.12. The van der Waals surface area contributed by atoms with Gasteiger partial charge in [-0.1, -0.05) is 24.3 Å². The first kappa shape index (κ1) is 9.22. The van der Waals surface area contributed by atoms with Crippen LogP contribution < -0.4 is 5.73 Å². The van der Waals surface area contributed by atoms with Crippen molar-refractivity contribution < 1.29 is 8.42 Å². The molecular formula is C8H10NO2S. The minimum absolute atomic E-state index is 0.594. The molecule has 0 aromatic heterocycles. The second-order valence-electron chi connectivity index (χ2n) is 2.58. The summed E-state index contributed by atoms with van der Waals surface area (Å²) in [5.41, 5.74) is 6.06. The molecule has 1 aromatic rings. The smallest absolute Gasteiger partial charge is 0.167 e. The van der Waals surface area contributed by atoms with Gasteiger partial charge in [-0.15, -0.1) is 0 Å². The molecule has 0 saturated heterocycles. The number of sulfone groups is 1. The van der Waals surface area contributed by atoms with Gasteiger partial charge in [-0.3, -0.25) is 0 Å². The van der Waals surface area contributed by atoms with Crippen LogP contribution in [0.15, 0.2) is 24.3 Å². The van der Waals surface area contributed by atoms with E-state index in [9.17, 15) is 8.42 Å². The van der Waals surface area contributed by atoms with Crippen molar-refractivity contribution in [3.63, 3.8) is 0 Å². The first-order chi connectivity index (χ1) is 5.52. The second kappa shape index (κ2) is 3.25. The van der Waals surface area contributed by atoms with E-state index in [1.807, 2.05) is 0 Å². The maximum Gasteiger partial charge on any atom is 0.167 e. The van der Waals surface area contributed by atoms with Gasteiger partial charge in [-0.2, -0.15) is 0 Å². The molecule has 12 heavy (non-hydrogen) atoms. The molecule has 65 valence electrons. The Labute approximate surface area is 72.1 Å². The predicted molar refractivity (Wildman–Crippen MR) is 47.1 cm³/mol. The average molecular weight is 184 g/mol. The molecule has 0 bridgehead atoms. The van der Waals surface area contributed by atoms with E-state index < -0.39 is 15.2 Å². The van der Waals surface area contributed by atoms with Crippen LogP contribution in [0.25, 0.3) is 0 Å². The van der Waals surface area contributed by atoms with E-state index in [1.165, 1.54) is 0 Å².